The Bertz CT molecular complexity index is 908. The molecule has 0 unspecified atom stereocenters. The predicted molar refractivity (Wildman–Crippen MR) is 105 cm³/mol. The van der Waals surface area contributed by atoms with Gasteiger partial charge in [-0.15, -0.1) is 0 Å². The minimum absolute atomic E-state index is 0.00767. The molecule has 2 heterocycles. The molecule has 1 N–H and O–H groups in total. The topological polar surface area (TPSA) is 55.1 Å². The lowest BCUT2D eigenvalue weighted by molar-refractivity contribution is -0.117. The molecule has 0 spiro atoms. The van der Waals surface area contributed by atoms with E-state index < -0.39 is 0 Å². The van der Waals surface area contributed by atoms with E-state index in [1.807, 2.05) is 43.5 Å². The van der Waals surface area contributed by atoms with Crippen molar-refractivity contribution in [1.82, 2.24) is 19.2 Å². The highest BCUT2D eigenvalue weighted by molar-refractivity contribution is 5.93. The van der Waals surface area contributed by atoms with Crippen LogP contribution in [-0.2, 0) is 17.9 Å². The predicted octanol–water partition coefficient (Wildman–Crippen LogP) is 3.05. The first-order valence-electron chi connectivity index (χ1n) is 9.06. The molecule has 0 aliphatic heterocycles. The minimum atomic E-state index is -0.00767. The zero-order valence-corrected chi connectivity index (χ0v) is 16.0. The van der Waals surface area contributed by atoms with Gasteiger partial charge in [-0.05, 0) is 45.3 Å². The van der Waals surface area contributed by atoms with E-state index in [0.29, 0.717) is 6.54 Å². The van der Waals surface area contributed by atoms with Gasteiger partial charge in [0.2, 0.25) is 5.91 Å². The Hall–Kier alpha value is -2.60. The average Bonchev–Trinajstić information content (AvgIpc) is 3.15. The number of nitrogens with one attached hydrogen (secondary N) is 1. The van der Waals surface area contributed by atoms with Crippen LogP contribution in [0.25, 0.3) is 10.9 Å². The summed E-state index contributed by atoms with van der Waals surface area (Å²) in [6.45, 7) is 8.77. The zero-order valence-electron chi connectivity index (χ0n) is 16.0. The van der Waals surface area contributed by atoms with Gasteiger partial charge in [0.1, 0.15) is 0 Å². The first kappa shape index (κ1) is 18.2. The summed E-state index contributed by atoms with van der Waals surface area (Å²) in [7, 11) is 1.97. The molecule has 2 aromatic heterocycles. The summed E-state index contributed by atoms with van der Waals surface area (Å²) in [6.07, 6.45) is 2.10. The van der Waals surface area contributed by atoms with Crippen LogP contribution in [-0.4, -0.2) is 45.3 Å². The third kappa shape index (κ3) is 3.80. The van der Waals surface area contributed by atoms with Gasteiger partial charge in [0.25, 0.3) is 0 Å². The second-order valence-electron chi connectivity index (χ2n) is 6.72. The number of hydrogen-bond donors (Lipinski definition) is 1. The second-order valence-corrected chi connectivity index (χ2v) is 6.72. The van der Waals surface area contributed by atoms with Crippen LogP contribution in [0.1, 0.15) is 18.3 Å². The van der Waals surface area contributed by atoms with E-state index in [9.17, 15) is 4.79 Å². The van der Waals surface area contributed by atoms with Crippen molar-refractivity contribution in [2.24, 2.45) is 0 Å². The lowest BCUT2D eigenvalue weighted by Crippen LogP contribution is -2.32. The Labute approximate surface area is 154 Å². The van der Waals surface area contributed by atoms with Crippen LogP contribution in [0.15, 0.2) is 36.5 Å². The number of para-hydroxylation sites is 1. The Morgan fingerprint density at radius 1 is 1.23 bits per heavy atom. The fraction of sp³-hybridized carbons (Fsp3) is 0.400. The van der Waals surface area contributed by atoms with Gasteiger partial charge in [0, 0.05) is 31.3 Å². The maximum atomic E-state index is 12.4. The third-order valence-electron chi connectivity index (χ3n) is 4.76. The molecule has 0 aliphatic carbocycles. The number of aromatic nitrogens is 3. The van der Waals surface area contributed by atoms with Crippen molar-refractivity contribution in [3.8, 4) is 0 Å². The number of benzene rings is 1. The number of hydrogen-bond acceptors (Lipinski definition) is 3. The zero-order chi connectivity index (χ0) is 18.7. The number of anilines is 1. The lowest BCUT2D eigenvalue weighted by Gasteiger charge is -2.17. The summed E-state index contributed by atoms with van der Waals surface area (Å²) in [6, 6.07) is 10.5. The normalized spacial score (nSPS) is 11.4. The first-order valence-corrected chi connectivity index (χ1v) is 9.06. The van der Waals surface area contributed by atoms with Crippen LogP contribution in [0, 0.1) is 13.8 Å². The van der Waals surface area contributed by atoms with E-state index >= 15 is 0 Å². The van der Waals surface area contributed by atoms with Gasteiger partial charge in [-0.3, -0.25) is 14.4 Å². The van der Waals surface area contributed by atoms with E-state index in [1.165, 1.54) is 10.9 Å². The van der Waals surface area contributed by atoms with Crippen molar-refractivity contribution in [1.29, 1.82) is 0 Å². The summed E-state index contributed by atoms with van der Waals surface area (Å²) in [5.41, 5.74) is 3.92. The van der Waals surface area contributed by atoms with Gasteiger partial charge in [0.05, 0.1) is 23.6 Å². The number of aryl methyl sites for hydroxylation is 2. The van der Waals surface area contributed by atoms with Crippen LogP contribution in [0.5, 0.6) is 0 Å². The number of fused-ring (bicyclic) bond motifs is 1. The second kappa shape index (κ2) is 7.74. The molecule has 0 saturated heterocycles. The number of nitrogens with zero attached hydrogens (tertiary/aromatic N) is 4. The number of carbonyl (C=O) groups excluding carboxylic acids is 1. The minimum Gasteiger partial charge on any atom is -0.346 e. The third-order valence-corrected chi connectivity index (χ3v) is 4.76. The van der Waals surface area contributed by atoms with Crippen molar-refractivity contribution in [3.05, 3.63) is 47.9 Å². The highest BCUT2D eigenvalue weighted by atomic mass is 16.2. The molecule has 3 aromatic rings. The molecule has 3 rings (SSSR count). The summed E-state index contributed by atoms with van der Waals surface area (Å²) >= 11 is 0. The van der Waals surface area contributed by atoms with Crippen molar-refractivity contribution in [2.45, 2.75) is 33.9 Å². The molecule has 0 fully saturated rings. The Kier molecular flexibility index (Phi) is 5.42. The van der Waals surface area contributed by atoms with Crippen molar-refractivity contribution >= 4 is 22.5 Å². The maximum Gasteiger partial charge on any atom is 0.238 e. The summed E-state index contributed by atoms with van der Waals surface area (Å²) in [4.78, 5) is 14.4. The van der Waals surface area contributed by atoms with E-state index in [0.717, 1.165) is 36.7 Å². The number of carbonyl (C=O) groups is 1. The van der Waals surface area contributed by atoms with Gasteiger partial charge < -0.3 is 9.88 Å². The van der Waals surface area contributed by atoms with E-state index in [4.69, 9.17) is 0 Å². The fourth-order valence-corrected chi connectivity index (χ4v) is 3.30. The van der Waals surface area contributed by atoms with Crippen LogP contribution < -0.4 is 5.32 Å². The highest BCUT2D eigenvalue weighted by Crippen LogP contribution is 2.19. The van der Waals surface area contributed by atoms with E-state index in [-0.39, 0.29) is 5.91 Å². The molecule has 1 amide bonds. The molecular formula is C20H27N5O. The maximum absolute atomic E-state index is 12.4. The first-order chi connectivity index (χ1) is 12.5. The largest absolute Gasteiger partial charge is 0.346 e. The van der Waals surface area contributed by atoms with Gasteiger partial charge in [-0.2, -0.15) is 5.10 Å². The van der Waals surface area contributed by atoms with Crippen LogP contribution >= 0.6 is 0 Å². The van der Waals surface area contributed by atoms with Crippen LogP contribution in [0.2, 0.25) is 0 Å². The molecule has 0 bridgehead atoms. The highest BCUT2D eigenvalue weighted by Gasteiger charge is 2.14. The summed E-state index contributed by atoms with van der Waals surface area (Å²) in [5, 5.41) is 8.70. The van der Waals surface area contributed by atoms with E-state index in [2.05, 4.69) is 45.4 Å². The van der Waals surface area contributed by atoms with Gasteiger partial charge in [-0.1, -0.05) is 18.2 Å². The van der Waals surface area contributed by atoms with Crippen molar-refractivity contribution in [2.75, 3.05) is 25.5 Å². The Balaban J connectivity index is 1.55. The molecule has 138 valence electrons. The van der Waals surface area contributed by atoms with Crippen molar-refractivity contribution in [3.63, 3.8) is 0 Å². The summed E-state index contributed by atoms with van der Waals surface area (Å²) < 4.78 is 4.13. The molecule has 6 nitrogen and oxygen atoms in total. The average molecular weight is 353 g/mol. The smallest absolute Gasteiger partial charge is 0.238 e. The van der Waals surface area contributed by atoms with Gasteiger partial charge in [-0.25, -0.2) is 0 Å². The summed E-state index contributed by atoms with van der Waals surface area (Å²) in [5.74, 6) is -0.00767. The molecule has 1 aromatic carbocycles. The number of amides is 1. The quantitative estimate of drug-likeness (QED) is 0.710. The molecule has 0 atom stereocenters. The van der Waals surface area contributed by atoms with Crippen LogP contribution in [0.3, 0.4) is 0 Å². The number of likely N-dealkylation sites (N-methyl/N-ethyl adjacent to an activating group) is 1. The fourth-order valence-electron chi connectivity index (χ4n) is 3.30. The Morgan fingerprint density at radius 2 is 2.00 bits per heavy atom. The molecule has 0 aliphatic rings. The van der Waals surface area contributed by atoms with Gasteiger partial charge >= 0.3 is 0 Å². The molecule has 26 heavy (non-hydrogen) atoms. The standard InChI is InChI=1S/C20H27N5O/c1-5-25-16(3)20(15(2)22-25)21-19(26)14-23(4)12-13-24-11-10-17-8-6-7-9-18(17)24/h6-11H,5,12-14H2,1-4H3,(H,21,26). The lowest BCUT2D eigenvalue weighted by atomic mass is 10.2. The van der Waals surface area contributed by atoms with Crippen LogP contribution in [0.4, 0.5) is 5.69 Å². The molecule has 0 saturated carbocycles. The molecule has 6 heteroatoms. The monoisotopic (exact) mass is 353 g/mol. The number of rotatable bonds is 7. The molecular weight excluding hydrogens is 326 g/mol. The van der Waals surface area contributed by atoms with E-state index in [1.54, 1.807) is 0 Å². The molecule has 0 radical (unpaired) electrons. The Morgan fingerprint density at radius 3 is 2.73 bits per heavy atom. The van der Waals surface area contributed by atoms with Crippen molar-refractivity contribution < 1.29 is 4.79 Å². The SMILES string of the molecule is CCn1nc(C)c(NC(=O)CN(C)CCn2ccc3ccccc32)c1C. The van der Waals surface area contributed by atoms with Gasteiger partial charge in [0.15, 0.2) is 0 Å².